The number of phenols is 1. The van der Waals surface area contributed by atoms with Crippen LogP contribution in [0.4, 0.5) is 0 Å². The summed E-state index contributed by atoms with van der Waals surface area (Å²) in [6.07, 6.45) is 0.984. The number of aromatic hydroxyl groups is 1. The fraction of sp³-hybridized carbons (Fsp3) is 0.294. The highest BCUT2D eigenvalue weighted by atomic mass is 16.3. The van der Waals surface area contributed by atoms with Crippen molar-refractivity contribution in [2.24, 2.45) is 0 Å². The van der Waals surface area contributed by atoms with E-state index in [9.17, 15) is 5.11 Å². The molecular weight excluding hydrogens is 262 g/mol. The SMILES string of the molecule is CCC(C)(C)c1cccc(-n2n3c4ccccc4n23)c1O. The molecule has 1 N–H and O–H groups in total. The molecule has 0 unspecified atom stereocenters. The van der Waals surface area contributed by atoms with E-state index in [2.05, 4.69) is 42.2 Å². The van der Waals surface area contributed by atoms with E-state index in [-0.39, 0.29) is 5.41 Å². The molecule has 21 heavy (non-hydrogen) atoms. The molecule has 0 saturated carbocycles. The van der Waals surface area contributed by atoms with E-state index in [4.69, 9.17) is 0 Å². The molecule has 2 aromatic carbocycles. The van der Waals surface area contributed by atoms with Gasteiger partial charge >= 0.3 is 0 Å². The van der Waals surface area contributed by atoms with E-state index >= 15 is 0 Å². The van der Waals surface area contributed by atoms with E-state index in [0.717, 1.165) is 17.7 Å². The number of nitrogens with zero attached hydrogens (tertiary/aromatic N) is 3. The summed E-state index contributed by atoms with van der Waals surface area (Å²) < 4.78 is 4.13. The van der Waals surface area contributed by atoms with Crippen LogP contribution in [0.15, 0.2) is 42.5 Å². The number of para-hydroxylation sites is 3. The second-order valence-electron chi connectivity index (χ2n) is 6.27. The summed E-state index contributed by atoms with van der Waals surface area (Å²) in [5.74, 6) is 0.379. The third-order valence-corrected chi connectivity index (χ3v) is 4.66. The Hall–Kier alpha value is -2.36. The van der Waals surface area contributed by atoms with Crippen molar-refractivity contribution in [1.29, 1.82) is 0 Å². The molecular formula is C17H19N3O. The first-order valence-electron chi connectivity index (χ1n) is 7.38. The Kier molecular flexibility index (Phi) is 2.27. The molecule has 108 valence electrons. The monoisotopic (exact) mass is 281 g/mol. The lowest BCUT2D eigenvalue weighted by Crippen LogP contribution is -2.16. The number of fused-ring (bicyclic) bond motifs is 4. The van der Waals surface area contributed by atoms with Crippen molar-refractivity contribution in [1.82, 2.24) is 14.1 Å². The van der Waals surface area contributed by atoms with Crippen LogP contribution in [-0.4, -0.2) is 19.2 Å². The Morgan fingerprint density at radius 2 is 1.57 bits per heavy atom. The molecule has 4 aromatic rings. The lowest BCUT2D eigenvalue weighted by molar-refractivity contribution is 0.426. The zero-order chi connectivity index (χ0) is 14.8. The molecule has 2 heterocycles. The molecule has 2 aromatic heterocycles. The molecule has 0 bridgehead atoms. The van der Waals surface area contributed by atoms with E-state index in [0.29, 0.717) is 5.75 Å². The average Bonchev–Trinajstić information content (AvgIpc) is 3.13. The highest BCUT2D eigenvalue weighted by Crippen LogP contribution is 2.38. The van der Waals surface area contributed by atoms with Crippen LogP contribution >= 0.6 is 0 Å². The van der Waals surface area contributed by atoms with Gasteiger partial charge in [-0.15, -0.1) is 14.1 Å². The van der Waals surface area contributed by atoms with Crippen molar-refractivity contribution in [2.45, 2.75) is 32.6 Å². The van der Waals surface area contributed by atoms with Gasteiger partial charge in [-0.3, -0.25) is 0 Å². The van der Waals surface area contributed by atoms with Gasteiger partial charge in [0.05, 0.1) is 0 Å². The standard InChI is InChI=1S/C17H19N3O/c1-4-17(2,3)12-8-7-11-15(16(12)21)20-18-13-9-5-6-10-14(13)19(18)20/h5-11,21H,4H2,1-3H3. The average molecular weight is 281 g/mol. The Morgan fingerprint density at radius 3 is 2.14 bits per heavy atom. The molecule has 4 nitrogen and oxygen atoms in total. The summed E-state index contributed by atoms with van der Waals surface area (Å²) in [7, 11) is 0. The van der Waals surface area contributed by atoms with Gasteiger partial charge in [-0.25, -0.2) is 0 Å². The minimum absolute atomic E-state index is 0.0351. The largest absolute Gasteiger partial charge is 0.505 e. The van der Waals surface area contributed by atoms with Gasteiger partial charge < -0.3 is 5.11 Å². The van der Waals surface area contributed by atoms with Gasteiger partial charge in [-0.05, 0) is 30.0 Å². The second-order valence-corrected chi connectivity index (χ2v) is 6.27. The van der Waals surface area contributed by atoms with Crippen molar-refractivity contribution < 1.29 is 5.11 Å². The quantitative estimate of drug-likeness (QED) is 0.608. The summed E-state index contributed by atoms with van der Waals surface area (Å²) in [6, 6.07) is 14.2. The predicted molar refractivity (Wildman–Crippen MR) is 83.8 cm³/mol. The van der Waals surface area contributed by atoms with Crippen molar-refractivity contribution in [3.63, 3.8) is 0 Å². The summed E-state index contributed by atoms with van der Waals surface area (Å²) in [5.41, 5.74) is 4.16. The molecule has 0 atom stereocenters. The van der Waals surface area contributed by atoms with Gasteiger partial charge in [0.25, 0.3) is 0 Å². The van der Waals surface area contributed by atoms with E-state index in [1.165, 1.54) is 11.0 Å². The number of rotatable bonds is 3. The van der Waals surface area contributed by atoms with Crippen molar-refractivity contribution in [3.8, 4) is 11.4 Å². The molecule has 0 amide bonds. The van der Waals surface area contributed by atoms with Crippen LogP contribution in [0.1, 0.15) is 32.8 Å². The Labute approximate surface area is 123 Å². The van der Waals surface area contributed by atoms with Crippen LogP contribution in [0.25, 0.3) is 16.7 Å². The normalized spacial score (nSPS) is 12.9. The minimum atomic E-state index is -0.0351. The third kappa shape index (κ3) is 1.50. The van der Waals surface area contributed by atoms with Gasteiger partial charge in [0.2, 0.25) is 0 Å². The summed E-state index contributed by atoms with van der Waals surface area (Å²) in [6.45, 7) is 6.48. The van der Waals surface area contributed by atoms with Crippen molar-refractivity contribution in [2.75, 3.05) is 0 Å². The van der Waals surface area contributed by atoms with Crippen LogP contribution in [0.2, 0.25) is 0 Å². The highest BCUT2D eigenvalue weighted by Gasteiger charge is 2.29. The molecule has 0 spiro atoms. The lowest BCUT2D eigenvalue weighted by Gasteiger charge is -2.24. The van der Waals surface area contributed by atoms with Crippen LogP contribution in [0, 0.1) is 0 Å². The summed E-state index contributed by atoms with van der Waals surface area (Å²) in [4.78, 5) is 2.01. The van der Waals surface area contributed by atoms with E-state index in [1.807, 2.05) is 35.1 Å². The van der Waals surface area contributed by atoms with Gasteiger partial charge in [-0.1, -0.05) is 45.0 Å². The Balaban J connectivity index is 1.90. The maximum atomic E-state index is 10.7. The molecule has 0 aliphatic rings. The molecule has 0 saturated heterocycles. The van der Waals surface area contributed by atoms with Crippen LogP contribution < -0.4 is 0 Å². The van der Waals surface area contributed by atoms with Gasteiger partial charge in [0.1, 0.15) is 22.5 Å². The maximum Gasteiger partial charge on any atom is 0.146 e. The van der Waals surface area contributed by atoms with Gasteiger partial charge in [0.15, 0.2) is 0 Å². The first-order valence-corrected chi connectivity index (χ1v) is 7.38. The molecule has 0 radical (unpaired) electrons. The molecule has 0 aliphatic heterocycles. The van der Waals surface area contributed by atoms with Crippen LogP contribution in [-0.2, 0) is 5.41 Å². The zero-order valence-corrected chi connectivity index (χ0v) is 12.5. The van der Waals surface area contributed by atoms with E-state index < -0.39 is 0 Å². The third-order valence-electron chi connectivity index (χ3n) is 4.66. The van der Waals surface area contributed by atoms with Gasteiger partial charge in [0, 0.05) is 5.56 Å². The second kappa shape index (κ2) is 3.85. The maximum absolute atomic E-state index is 10.7. The molecule has 0 fully saturated rings. The smallest absolute Gasteiger partial charge is 0.146 e. The van der Waals surface area contributed by atoms with Crippen molar-refractivity contribution in [3.05, 3.63) is 48.0 Å². The number of benzene rings is 2. The topological polar surface area (TPSA) is 34.0 Å². The minimum Gasteiger partial charge on any atom is -0.505 e. The number of phenolic OH excluding ortho intramolecular Hbond substituents is 1. The number of aromatic nitrogens is 3. The van der Waals surface area contributed by atoms with E-state index in [1.54, 1.807) is 0 Å². The highest BCUT2D eigenvalue weighted by molar-refractivity contribution is 5.79. The van der Waals surface area contributed by atoms with Crippen molar-refractivity contribution >= 4 is 11.0 Å². The summed E-state index contributed by atoms with van der Waals surface area (Å²) >= 11 is 0. The predicted octanol–water partition coefficient (Wildman–Crippen LogP) is 3.81. The number of hydrogen-bond acceptors (Lipinski definition) is 1. The van der Waals surface area contributed by atoms with Crippen LogP contribution in [0.5, 0.6) is 5.75 Å². The fourth-order valence-electron chi connectivity index (χ4n) is 2.93. The zero-order valence-electron chi connectivity index (χ0n) is 12.5. The molecule has 4 heteroatoms. The van der Waals surface area contributed by atoms with Gasteiger partial charge in [-0.2, -0.15) is 0 Å². The lowest BCUT2D eigenvalue weighted by atomic mass is 9.81. The van der Waals surface area contributed by atoms with Crippen LogP contribution in [0.3, 0.4) is 0 Å². The summed E-state index contributed by atoms with van der Waals surface area (Å²) in [5, 5.41) is 10.7. The number of hydrogen-bond donors (Lipinski definition) is 1. The molecule has 0 aliphatic carbocycles. The first kappa shape index (κ1) is 12.4. The Bertz CT molecular complexity index is 880. The Morgan fingerprint density at radius 1 is 0.952 bits per heavy atom. The fourth-order valence-corrected chi connectivity index (χ4v) is 2.93. The molecule has 4 rings (SSSR count). The first-order chi connectivity index (χ1) is 10.1.